The van der Waals surface area contributed by atoms with Crippen LogP contribution in [0.4, 0.5) is 0 Å². The normalized spacial score (nSPS) is 16.1. The fourth-order valence-electron chi connectivity index (χ4n) is 10.5. The summed E-state index contributed by atoms with van der Waals surface area (Å²) in [4.78, 5) is 5.01. The molecule has 2 heteroatoms. The molecule has 0 bridgehead atoms. The van der Waals surface area contributed by atoms with E-state index in [1.807, 2.05) is 12.1 Å². The molecule has 8 aromatic rings. The van der Waals surface area contributed by atoms with Crippen molar-refractivity contribution >= 4 is 11.1 Å². The van der Waals surface area contributed by atoms with Crippen molar-refractivity contribution in [1.82, 2.24) is 4.98 Å². The van der Waals surface area contributed by atoms with E-state index in [0.717, 1.165) is 22.2 Å². The van der Waals surface area contributed by atoms with E-state index in [1.54, 1.807) is 0 Å². The monoisotopic (exact) mass is 751 g/mol. The van der Waals surface area contributed by atoms with E-state index < -0.39 is 0 Å². The van der Waals surface area contributed by atoms with Gasteiger partial charge in [-0.3, -0.25) is 0 Å². The molecule has 0 unspecified atom stereocenters. The third-order valence-electron chi connectivity index (χ3n) is 14.1. The molecule has 0 amide bonds. The Bertz CT molecular complexity index is 3040. The van der Waals surface area contributed by atoms with Crippen LogP contribution in [0.25, 0.3) is 78.2 Å². The van der Waals surface area contributed by atoms with E-state index in [9.17, 15) is 0 Å². The molecule has 0 fully saturated rings. The van der Waals surface area contributed by atoms with Gasteiger partial charge >= 0.3 is 0 Å². The van der Waals surface area contributed by atoms with Crippen molar-refractivity contribution in [2.24, 2.45) is 0 Å². The number of fused-ring (bicyclic) bond motifs is 10. The molecule has 0 aliphatic heterocycles. The molecule has 0 saturated heterocycles. The highest BCUT2D eigenvalue weighted by molar-refractivity contribution is 5.94. The maximum atomic E-state index is 6.39. The van der Waals surface area contributed by atoms with Gasteiger partial charge in [-0.1, -0.05) is 141 Å². The Morgan fingerprint density at radius 1 is 0.397 bits per heavy atom. The second-order valence-electron chi connectivity index (χ2n) is 19.7. The van der Waals surface area contributed by atoms with Crippen molar-refractivity contribution in [3.8, 4) is 67.1 Å². The highest BCUT2D eigenvalue weighted by Crippen LogP contribution is 2.59. The minimum atomic E-state index is -0.192. The van der Waals surface area contributed by atoms with Crippen LogP contribution in [0, 0.1) is 0 Å². The van der Waals surface area contributed by atoms with Gasteiger partial charge in [-0.2, -0.15) is 0 Å². The van der Waals surface area contributed by atoms with Crippen LogP contribution in [0.1, 0.15) is 101 Å². The van der Waals surface area contributed by atoms with Crippen LogP contribution in [0.5, 0.6) is 0 Å². The van der Waals surface area contributed by atoms with Gasteiger partial charge in [-0.15, -0.1) is 0 Å². The number of hydrogen-bond acceptors (Lipinski definition) is 2. The highest BCUT2D eigenvalue weighted by atomic mass is 16.3. The summed E-state index contributed by atoms with van der Waals surface area (Å²) >= 11 is 0. The molecular weight excluding hydrogens is 703 g/mol. The van der Waals surface area contributed by atoms with E-state index in [0.29, 0.717) is 5.89 Å². The van der Waals surface area contributed by atoms with Crippen molar-refractivity contribution in [2.45, 2.75) is 84.0 Å². The third-order valence-corrected chi connectivity index (χ3v) is 14.1. The van der Waals surface area contributed by atoms with Gasteiger partial charge in [-0.25, -0.2) is 4.98 Å². The third kappa shape index (κ3) is 4.87. The first-order valence-electron chi connectivity index (χ1n) is 20.9. The summed E-state index contributed by atoms with van der Waals surface area (Å²) in [5.74, 6) is 0.662. The number of hydrogen-bond donors (Lipinski definition) is 0. The molecule has 0 spiro atoms. The van der Waals surface area contributed by atoms with Crippen LogP contribution >= 0.6 is 0 Å². The van der Waals surface area contributed by atoms with E-state index in [2.05, 4.69) is 184 Å². The summed E-state index contributed by atoms with van der Waals surface area (Å²) in [6, 6.07) is 50.0. The first kappa shape index (κ1) is 35.2. The zero-order valence-electron chi connectivity index (χ0n) is 35.1. The summed E-state index contributed by atoms with van der Waals surface area (Å²) in [6.07, 6.45) is 0. The lowest BCUT2D eigenvalue weighted by atomic mass is 9.78. The van der Waals surface area contributed by atoms with Gasteiger partial charge in [0.15, 0.2) is 5.58 Å². The molecule has 58 heavy (non-hydrogen) atoms. The summed E-state index contributed by atoms with van der Waals surface area (Å²) in [7, 11) is 0. The van der Waals surface area contributed by atoms with Crippen LogP contribution in [0.3, 0.4) is 0 Å². The lowest BCUT2D eigenvalue weighted by Crippen LogP contribution is -2.17. The van der Waals surface area contributed by atoms with Crippen molar-refractivity contribution in [3.63, 3.8) is 0 Å². The zero-order valence-corrected chi connectivity index (χ0v) is 35.1. The second-order valence-corrected chi connectivity index (χ2v) is 19.7. The molecule has 0 N–H and O–H groups in total. The Morgan fingerprint density at radius 3 is 1.34 bits per heavy atom. The SMILES string of the molecule is CC(C)(C)c1ccc(-c2ccc3c(c2)C(C)(C)c2cc4c(cc2-3)C(C)(C)c2cc3c(cc2-4)C(C)(C)c2cc(-c4nc5cc(-c6ccccc6)ccc5o4)ccc2-3)cc1. The van der Waals surface area contributed by atoms with Crippen LogP contribution in [-0.2, 0) is 21.7 Å². The van der Waals surface area contributed by atoms with E-state index in [-0.39, 0.29) is 21.7 Å². The predicted octanol–water partition coefficient (Wildman–Crippen LogP) is 15.0. The number of rotatable bonds is 3. The molecule has 1 aromatic heterocycles. The largest absolute Gasteiger partial charge is 0.436 e. The van der Waals surface area contributed by atoms with Crippen molar-refractivity contribution in [3.05, 3.63) is 172 Å². The molecule has 284 valence electrons. The van der Waals surface area contributed by atoms with Crippen LogP contribution in [0.15, 0.2) is 138 Å². The van der Waals surface area contributed by atoms with Gasteiger partial charge in [0.05, 0.1) is 0 Å². The molecule has 0 atom stereocenters. The zero-order chi connectivity index (χ0) is 40.1. The van der Waals surface area contributed by atoms with Gasteiger partial charge in [-0.05, 0) is 155 Å². The van der Waals surface area contributed by atoms with Crippen LogP contribution in [0.2, 0.25) is 0 Å². The average molecular weight is 752 g/mol. The van der Waals surface area contributed by atoms with Gasteiger partial charge in [0.1, 0.15) is 5.52 Å². The first-order chi connectivity index (χ1) is 27.6. The molecule has 0 radical (unpaired) electrons. The molecule has 0 saturated carbocycles. The second kappa shape index (κ2) is 11.6. The smallest absolute Gasteiger partial charge is 0.227 e. The molecule has 3 aliphatic rings. The van der Waals surface area contributed by atoms with Crippen LogP contribution < -0.4 is 0 Å². The number of oxazole rings is 1. The van der Waals surface area contributed by atoms with Gasteiger partial charge in [0.2, 0.25) is 5.89 Å². The fraction of sp³-hybridized carbons (Fsp3) is 0.232. The number of nitrogens with zero attached hydrogens (tertiary/aromatic N) is 1. The molecule has 2 nitrogen and oxygen atoms in total. The minimum absolute atomic E-state index is 0.121. The van der Waals surface area contributed by atoms with Crippen molar-refractivity contribution in [2.75, 3.05) is 0 Å². The summed E-state index contributed by atoms with van der Waals surface area (Å²) in [6.45, 7) is 21.3. The molecule has 7 aromatic carbocycles. The van der Waals surface area contributed by atoms with Gasteiger partial charge < -0.3 is 4.42 Å². The molecular formula is C56H49NO. The standard InChI is InChI=1S/C56H49NO/c1-53(2,3)37-20-15-33(16-21-37)34-17-22-38-40-28-48-42(30-46(40)54(4,5)44(38)25-34)43-31-47-41(29-49(43)56(48,8)9)39-23-18-36(26-45(39)55(47,6)7)52-57-50-27-35(19-24-51(50)58-52)32-13-11-10-12-14-32/h10-31H,1-9H3. The topological polar surface area (TPSA) is 26.0 Å². The summed E-state index contributed by atoms with van der Waals surface area (Å²) in [5, 5.41) is 0. The lowest BCUT2D eigenvalue weighted by molar-refractivity contribution is 0.590. The van der Waals surface area contributed by atoms with Crippen LogP contribution in [-0.4, -0.2) is 4.98 Å². The average Bonchev–Trinajstić information content (AvgIpc) is 3.87. The van der Waals surface area contributed by atoms with E-state index in [4.69, 9.17) is 9.40 Å². The lowest BCUT2D eigenvalue weighted by Gasteiger charge is -2.25. The Labute approximate surface area is 342 Å². The van der Waals surface area contributed by atoms with Gasteiger partial charge in [0.25, 0.3) is 0 Å². The maximum absolute atomic E-state index is 6.39. The molecule has 1 heterocycles. The first-order valence-corrected chi connectivity index (χ1v) is 20.9. The Hall–Kier alpha value is -5.99. The minimum Gasteiger partial charge on any atom is -0.436 e. The fourth-order valence-corrected chi connectivity index (χ4v) is 10.5. The number of aromatic nitrogens is 1. The Balaban J connectivity index is 0.964. The van der Waals surface area contributed by atoms with E-state index >= 15 is 0 Å². The van der Waals surface area contributed by atoms with Gasteiger partial charge in [0, 0.05) is 21.8 Å². The highest BCUT2D eigenvalue weighted by Gasteiger charge is 2.44. The predicted molar refractivity (Wildman–Crippen MR) is 242 cm³/mol. The van der Waals surface area contributed by atoms with Crippen molar-refractivity contribution < 1.29 is 4.42 Å². The molecule has 11 rings (SSSR count). The number of benzene rings is 7. The maximum Gasteiger partial charge on any atom is 0.227 e. The quantitative estimate of drug-likeness (QED) is 0.180. The summed E-state index contributed by atoms with van der Waals surface area (Å²) in [5.41, 5.74) is 25.2. The Kier molecular flexibility index (Phi) is 7.02. The van der Waals surface area contributed by atoms with E-state index in [1.165, 1.54) is 89.0 Å². The summed E-state index contributed by atoms with van der Waals surface area (Å²) < 4.78 is 6.39. The molecule has 3 aliphatic carbocycles. The Morgan fingerprint density at radius 2 is 0.810 bits per heavy atom. The van der Waals surface area contributed by atoms with Crippen molar-refractivity contribution in [1.29, 1.82) is 0 Å².